The predicted molar refractivity (Wildman–Crippen MR) is 83.0 cm³/mol. The average Bonchev–Trinajstić information content (AvgIpc) is 3.01. The molecule has 0 saturated heterocycles. The molecule has 1 heterocycles. The van der Waals surface area contributed by atoms with Crippen molar-refractivity contribution in [1.29, 1.82) is 0 Å². The summed E-state index contributed by atoms with van der Waals surface area (Å²) in [4.78, 5) is 25.2. The summed E-state index contributed by atoms with van der Waals surface area (Å²) in [5, 5.41) is 4.81. The van der Waals surface area contributed by atoms with Gasteiger partial charge in [-0.05, 0) is 31.3 Å². The third kappa shape index (κ3) is 5.47. The number of hydrogen-bond donors (Lipinski definition) is 2. The largest absolute Gasteiger partial charge is 0.468 e. The Labute approximate surface area is 137 Å². The fourth-order valence-electron chi connectivity index (χ4n) is 1.98. The summed E-state index contributed by atoms with van der Waals surface area (Å²) < 4.78 is 31.0. The zero-order chi connectivity index (χ0) is 17.5. The quantitative estimate of drug-likeness (QED) is 0.807. The Hall–Kier alpha value is -2.74. The smallest absolute Gasteiger partial charge is 0.243 e. The number of carbonyl (C=O) groups excluding carboxylic acids is 2. The maximum Gasteiger partial charge on any atom is 0.243 e. The first-order chi connectivity index (χ1) is 11.4. The van der Waals surface area contributed by atoms with E-state index in [0.29, 0.717) is 6.54 Å². The highest BCUT2D eigenvalue weighted by atomic mass is 19.2. The predicted octanol–water partition coefficient (Wildman–Crippen LogP) is 1.74. The van der Waals surface area contributed by atoms with Crippen LogP contribution in [0.25, 0.3) is 0 Å². The highest BCUT2D eigenvalue weighted by molar-refractivity contribution is 5.94. The van der Waals surface area contributed by atoms with E-state index in [4.69, 9.17) is 4.42 Å². The van der Waals surface area contributed by atoms with E-state index in [9.17, 15) is 18.4 Å². The number of rotatable bonds is 7. The number of nitrogens with zero attached hydrogens (tertiary/aromatic N) is 1. The molecule has 0 fully saturated rings. The van der Waals surface area contributed by atoms with Crippen LogP contribution >= 0.6 is 0 Å². The molecule has 0 saturated carbocycles. The number of furan rings is 1. The van der Waals surface area contributed by atoms with Crippen molar-refractivity contribution in [3.8, 4) is 0 Å². The van der Waals surface area contributed by atoms with Crippen LogP contribution in [-0.2, 0) is 16.1 Å². The molecule has 2 N–H and O–H groups in total. The topological polar surface area (TPSA) is 74.6 Å². The van der Waals surface area contributed by atoms with Gasteiger partial charge in [-0.15, -0.1) is 0 Å². The molecule has 2 aromatic rings. The molecular formula is C16H17F2N3O3. The van der Waals surface area contributed by atoms with E-state index < -0.39 is 17.5 Å². The minimum Gasteiger partial charge on any atom is -0.468 e. The number of nitrogens with one attached hydrogen (secondary N) is 2. The van der Waals surface area contributed by atoms with Gasteiger partial charge in [0, 0.05) is 11.8 Å². The Morgan fingerprint density at radius 1 is 1.17 bits per heavy atom. The lowest BCUT2D eigenvalue weighted by atomic mass is 10.3. The molecule has 0 unspecified atom stereocenters. The van der Waals surface area contributed by atoms with Gasteiger partial charge < -0.3 is 15.1 Å². The molecule has 128 valence electrons. The Morgan fingerprint density at radius 2 is 1.96 bits per heavy atom. The van der Waals surface area contributed by atoms with Crippen LogP contribution < -0.4 is 10.6 Å². The van der Waals surface area contributed by atoms with Crippen molar-refractivity contribution in [2.24, 2.45) is 0 Å². The third-order valence-electron chi connectivity index (χ3n) is 3.07. The average molecular weight is 337 g/mol. The number of hydrogen-bond acceptors (Lipinski definition) is 4. The van der Waals surface area contributed by atoms with Gasteiger partial charge >= 0.3 is 0 Å². The van der Waals surface area contributed by atoms with Crippen molar-refractivity contribution in [1.82, 2.24) is 10.2 Å². The monoisotopic (exact) mass is 337 g/mol. The van der Waals surface area contributed by atoms with Gasteiger partial charge in [-0.2, -0.15) is 0 Å². The van der Waals surface area contributed by atoms with E-state index >= 15 is 0 Å². The summed E-state index contributed by atoms with van der Waals surface area (Å²) in [5.74, 6) is -2.22. The van der Waals surface area contributed by atoms with Crippen LogP contribution in [0.1, 0.15) is 5.76 Å². The third-order valence-corrected chi connectivity index (χ3v) is 3.07. The van der Waals surface area contributed by atoms with E-state index in [1.54, 1.807) is 30.3 Å². The van der Waals surface area contributed by atoms with Gasteiger partial charge in [-0.25, -0.2) is 8.78 Å². The van der Waals surface area contributed by atoms with Gasteiger partial charge in [0.1, 0.15) is 5.76 Å². The molecule has 2 rings (SSSR count). The molecule has 0 aliphatic rings. The molecule has 6 nitrogen and oxygen atoms in total. The molecular weight excluding hydrogens is 320 g/mol. The van der Waals surface area contributed by atoms with Crippen LogP contribution in [0.3, 0.4) is 0 Å². The maximum atomic E-state index is 13.0. The first-order valence-electron chi connectivity index (χ1n) is 7.16. The summed E-state index contributed by atoms with van der Waals surface area (Å²) in [6, 6.07) is 6.56. The molecule has 0 aliphatic heterocycles. The second-order valence-electron chi connectivity index (χ2n) is 5.21. The van der Waals surface area contributed by atoms with Crippen molar-refractivity contribution in [2.45, 2.75) is 6.54 Å². The number of likely N-dealkylation sites (N-methyl/N-ethyl adjacent to an activating group) is 1. The number of anilines is 1. The molecule has 0 atom stereocenters. The number of benzene rings is 1. The van der Waals surface area contributed by atoms with Gasteiger partial charge in [0.15, 0.2) is 11.6 Å². The Morgan fingerprint density at radius 3 is 2.62 bits per heavy atom. The first kappa shape index (κ1) is 17.6. The van der Waals surface area contributed by atoms with Gasteiger partial charge in [0.2, 0.25) is 11.8 Å². The molecule has 0 radical (unpaired) electrons. The summed E-state index contributed by atoms with van der Waals surface area (Å²) in [7, 11) is 1.74. The zero-order valence-electron chi connectivity index (χ0n) is 13.0. The van der Waals surface area contributed by atoms with E-state index in [0.717, 1.165) is 17.9 Å². The Kier molecular flexibility index (Phi) is 6.02. The number of carbonyl (C=O) groups is 2. The van der Waals surface area contributed by atoms with Crippen molar-refractivity contribution in [3.05, 3.63) is 54.0 Å². The molecule has 8 heteroatoms. The van der Waals surface area contributed by atoms with Crippen LogP contribution in [-0.4, -0.2) is 36.9 Å². The first-order valence-corrected chi connectivity index (χ1v) is 7.16. The zero-order valence-corrected chi connectivity index (χ0v) is 13.0. The summed E-state index contributed by atoms with van der Waals surface area (Å²) in [5.41, 5.74) is 0.114. The lowest BCUT2D eigenvalue weighted by molar-refractivity contribution is -0.124. The summed E-state index contributed by atoms with van der Waals surface area (Å²) in [6.07, 6.45) is 1.55. The fourth-order valence-corrected chi connectivity index (χ4v) is 1.98. The van der Waals surface area contributed by atoms with Gasteiger partial charge in [0.05, 0.1) is 25.9 Å². The number of amides is 2. The van der Waals surface area contributed by atoms with Gasteiger partial charge in [0.25, 0.3) is 0 Å². The van der Waals surface area contributed by atoms with E-state index in [2.05, 4.69) is 10.6 Å². The SMILES string of the molecule is CN(CC(=O)NCC(=O)Nc1ccc(F)c(F)c1)Cc1ccco1. The minimum absolute atomic E-state index is 0.0825. The van der Waals surface area contributed by atoms with Gasteiger partial charge in [-0.3, -0.25) is 14.5 Å². The fraction of sp³-hybridized carbons (Fsp3) is 0.250. The minimum atomic E-state index is -1.06. The van der Waals surface area contributed by atoms with Crippen LogP contribution in [0.15, 0.2) is 41.0 Å². The van der Waals surface area contributed by atoms with Gasteiger partial charge in [-0.1, -0.05) is 0 Å². The van der Waals surface area contributed by atoms with Crippen molar-refractivity contribution in [2.75, 3.05) is 25.5 Å². The molecule has 1 aromatic carbocycles. The molecule has 2 amide bonds. The van der Waals surface area contributed by atoms with E-state index in [-0.39, 0.29) is 24.7 Å². The summed E-state index contributed by atoms with van der Waals surface area (Å²) in [6.45, 7) is 0.271. The highest BCUT2D eigenvalue weighted by Gasteiger charge is 2.11. The molecule has 0 aliphatic carbocycles. The van der Waals surface area contributed by atoms with Crippen LogP contribution in [0, 0.1) is 11.6 Å². The highest BCUT2D eigenvalue weighted by Crippen LogP contribution is 2.12. The molecule has 1 aromatic heterocycles. The lowest BCUT2D eigenvalue weighted by Gasteiger charge is -2.14. The van der Waals surface area contributed by atoms with Crippen LogP contribution in [0.2, 0.25) is 0 Å². The molecule has 0 spiro atoms. The van der Waals surface area contributed by atoms with E-state index in [1.165, 1.54) is 6.07 Å². The maximum absolute atomic E-state index is 13.0. The lowest BCUT2D eigenvalue weighted by Crippen LogP contribution is -2.39. The van der Waals surface area contributed by atoms with E-state index in [1.807, 2.05) is 0 Å². The van der Waals surface area contributed by atoms with Crippen molar-refractivity contribution in [3.63, 3.8) is 0 Å². The van der Waals surface area contributed by atoms with Crippen molar-refractivity contribution >= 4 is 17.5 Å². The Bertz CT molecular complexity index is 705. The number of halogens is 2. The Balaban J connectivity index is 1.72. The molecule has 24 heavy (non-hydrogen) atoms. The second-order valence-corrected chi connectivity index (χ2v) is 5.21. The normalized spacial score (nSPS) is 10.7. The van der Waals surface area contributed by atoms with Crippen LogP contribution in [0.4, 0.5) is 14.5 Å². The summed E-state index contributed by atoms with van der Waals surface area (Å²) >= 11 is 0. The second kappa shape index (κ2) is 8.21. The molecule has 0 bridgehead atoms. The van der Waals surface area contributed by atoms with Crippen molar-refractivity contribution < 1.29 is 22.8 Å². The van der Waals surface area contributed by atoms with Crippen LogP contribution in [0.5, 0.6) is 0 Å². The standard InChI is InChI=1S/C16H17F2N3O3/c1-21(9-12-3-2-6-24-12)10-16(23)19-8-15(22)20-11-4-5-13(17)14(18)7-11/h2-7H,8-10H2,1H3,(H,19,23)(H,20,22).